The van der Waals surface area contributed by atoms with Crippen LogP contribution in [0.3, 0.4) is 0 Å². The molecule has 0 aliphatic carbocycles. The number of aromatic nitrogens is 1. The van der Waals surface area contributed by atoms with Gasteiger partial charge in [0.2, 0.25) is 0 Å². The molecule has 5 heteroatoms. The molecule has 3 aromatic rings. The van der Waals surface area contributed by atoms with Gasteiger partial charge in [0.15, 0.2) is 0 Å². The summed E-state index contributed by atoms with van der Waals surface area (Å²) >= 11 is 0. The van der Waals surface area contributed by atoms with Crippen molar-refractivity contribution in [1.82, 2.24) is 10.3 Å². The monoisotopic (exact) mass is 319 g/mol. The predicted molar refractivity (Wildman–Crippen MR) is 93.3 cm³/mol. The van der Waals surface area contributed by atoms with Crippen molar-refractivity contribution in [3.8, 4) is 0 Å². The van der Waals surface area contributed by atoms with Crippen LogP contribution in [-0.4, -0.2) is 23.3 Å². The van der Waals surface area contributed by atoms with E-state index in [1.807, 2.05) is 42.5 Å². The van der Waals surface area contributed by atoms with Crippen LogP contribution in [-0.2, 0) is 6.42 Å². The molecular formula is C19H17N3O2. The minimum atomic E-state index is -0.156. The first-order valence-corrected chi connectivity index (χ1v) is 8.01. The minimum absolute atomic E-state index is 0.0750. The fourth-order valence-electron chi connectivity index (χ4n) is 3.12. The Bertz CT molecular complexity index is 928. The predicted octanol–water partition coefficient (Wildman–Crippen LogP) is 3.10. The summed E-state index contributed by atoms with van der Waals surface area (Å²) in [5, 5.41) is 6.72. The molecule has 2 heterocycles. The first kappa shape index (κ1) is 14.5. The van der Waals surface area contributed by atoms with Gasteiger partial charge in [-0.3, -0.25) is 9.59 Å². The quantitative estimate of drug-likeness (QED) is 0.679. The molecule has 24 heavy (non-hydrogen) atoms. The zero-order valence-electron chi connectivity index (χ0n) is 13.1. The van der Waals surface area contributed by atoms with Crippen molar-refractivity contribution in [3.63, 3.8) is 0 Å². The number of fused-ring (bicyclic) bond motifs is 3. The number of benzene rings is 2. The molecule has 5 nitrogen and oxygen atoms in total. The van der Waals surface area contributed by atoms with E-state index in [2.05, 4.69) is 15.6 Å². The zero-order valence-corrected chi connectivity index (χ0v) is 13.1. The highest BCUT2D eigenvalue weighted by Gasteiger charge is 2.21. The molecule has 0 saturated carbocycles. The number of nitrogens with one attached hydrogen (secondary N) is 3. The van der Waals surface area contributed by atoms with E-state index in [0.29, 0.717) is 17.8 Å². The van der Waals surface area contributed by atoms with E-state index in [4.69, 9.17) is 0 Å². The molecule has 0 radical (unpaired) electrons. The Labute approximate surface area is 139 Å². The first-order valence-electron chi connectivity index (χ1n) is 8.01. The van der Waals surface area contributed by atoms with Gasteiger partial charge >= 0.3 is 0 Å². The number of amides is 2. The normalized spacial score (nSPS) is 13.9. The third kappa shape index (κ3) is 2.54. The molecule has 0 unspecified atom stereocenters. The smallest absolute Gasteiger partial charge is 0.268 e. The molecule has 0 atom stereocenters. The number of carbonyl (C=O) groups is 2. The van der Waals surface area contributed by atoms with Crippen LogP contribution < -0.4 is 10.6 Å². The molecule has 0 bridgehead atoms. The van der Waals surface area contributed by atoms with Crippen LogP contribution in [0.25, 0.3) is 10.9 Å². The number of aryl methyl sites for hydroxylation is 1. The van der Waals surface area contributed by atoms with Crippen LogP contribution in [0.4, 0.5) is 5.69 Å². The number of hydrogen-bond acceptors (Lipinski definition) is 2. The van der Waals surface area contributed by atoms with Crippen LogP contribution in [0, 0.1) is 0 Å². The van der Waals surface area contributed by atoms with Gasteiger partial charge in [0.25, 0.3) is 11.8 Å². The lowest BCUT2D eigenvalue weighted by Gasteiger charge is -2.05. The van der Waals surface area contributed by atoms with E-state index in [1.54, 1.807) is 6.07 Å². The molecule has 0 fully saturated rings. The van der Waals surface area contributed by atoms with E-state index in [0.717, 1.165) is 35.0 Å². The lowest BCUT2D eigenvalue weighted by molar-refractivity contribution is 0.0951. The van der Waals surface area contributed by atoms with Crippen molar-refractivity contribution in [2.45, 2.75) is 12.8 Å². The van der Waals surface area contributed by atoms with E-state index < -0.39 is 0 Å². The second-order valence-electron chi connectivity index (χ2n) is 5.92. The number of anilines is 1. The fraction of sp³-hybridized carbons (Fsp3) is 0.158. The SMILES string of the molecule is O=C(Nc1ccccc1)c1ccc2[nH]c3c(c2c1)CCCNC3=O. The summed E-state index contributed by atoms with van der Waals surface area (Å²) in [6, 6.07) is 14.9. The van der Waals surface area contributed by atoms with Gasteiger partial charge in [0, 0.05) is 28.7 Å². The second kappa shape index (κ2) is 5.85. The maximum Gasteiger partial charge on any atom is 0.268 e. The molecular weight excluding hydrogens is 302 g/mol. The van der Waals surface area contributed by atoms with Gasteiger partial charge in [-0.25, -0.2) is 0 Å². The van der Waals surface area contributed by atoms with Gasteiger partial charge in [0.1, 0.15) is 5.69 Å². The Kier molecular flexibility index (Phi) is 3.54. The summed E-state index contributed by atoms with van der Waals surface area (Å²) < 4.78 is 0. The Morgan fingerprint density at radius 1 is 1.08 bits per heavy atom. The van der Waals surface area contributed by atoms with Crippen LogP contribution in [0.2, 0.25) is 0 Å². The average molecular weight is 319 g/mol. The van der Waals surface area contributed by atoms with Gasteiger partial charge < -0.3 is 15.6 Å². The molecule has 1 aliphatic rings. The maximum absolute atomic E-state index is 12.5. The third-order valence-corrected chi connectivity index (χ3v) is 4.32. The summed E-state index contributed by atoms with van der Waals surface area (Å²) in [7, 11) is 0. The number of H-pyrrole nitrogens is 1. The lowest BCUT2D eigenvalue weighted by Crippen LogP contribution is -2.22. The molecule has 4 rings (SSSR count). The summed E-state index contributed by atoms with van der Waals surface area (Å²) in [6.07, 6.45) is 1.71. The summed E-state index contributed by atoms with van der Waals surface area (Å²) in [6.45, 7) is 0.678. The molecule has 0 spiro atoms. The molecule has 0 saturated heterocycles. The Morgan fingerprint density at radius 2 is 1.92 bits per heavy atom. The molecule has 1 aromatic heterocycles. The number of rotatable bonds is 2. The molecule has 120 valence electrons. The van der Waals surface area contributed by atoms with Gasteiger partial charge in [-0.15, -0.1) is 0 Å². The Balaban J connectivity index is 1.71. The highest BCUT2D eigenvalue weighted by Crippen LogP contribution is 2.26. The van der Waals surface area contributed by atoms with E-state index >= 15 is 0 Å². The van der Waals surface area contributed by atoms with Crippen molar-refractivity contribution in [2.24, 2.45) is 0 Å². The van der Waals surface area contributed by atoms with Gasteiger partial charge in [-0.1, -0.05) is 18.2 Å². The molecule has 2 amide bonds. The molecule has 2 aromatic carbocycles. The van der Waals surface area contributed by atoms with Crippen molar-refractivity contribution >= 4 is 28.4 Å². The second-order valence-corrected chi connectivity index (χ2v) is 5.92. The largest absolute Gasteiger partial charge is 0.351 e. The highest BCUT2D eigenvalue weighted by atomic mass is 16.2. The van der Waals surface area contributed by atoms with E-state index in [-0.39, 0.29) is 11.8 Å². The van der Waals surface area contributed by atoms with Crippen molar-refractivity contribution in [1.29, 1.82) is 0 Å². The number of hydrogen-bond donors (Lipinski definition) is 3. The minimum Gasteiger partial charge on any atom is -0.351 e. The highest BCUT2D eigenvalue weighted by molar-refractivity contribution is 6.08. The maximum atomic E-state index is 12.5. The van der Waals surface area contributed by atoms with E-state index in [9.17, 15) is 9.59 Å². The molecule has 1 aliphatic heterocycles. The number of aromatic amines is 1. The van der Waals surface area contributed by atoms with Gasteiger partial charge in [0.05, 0.1) is 0 Å². The first-order chi connectivity index (χ1) is 11.7. The van der Waals surface area contributed by atoms with Crippen LogP contribution in [0.1, 0.15) is 32.8 Å². The average Bonchev–Trinajstić information content (AvgIpc) is 2.87. The summed E-state index contributed by atoms with van der Waals surface area (Å²) in [5.41, 5.74) is 3.83. The number of para-hydroxylation sites is 1. The van der Waals surface area contributed by atoms with Crippen molar-refractivity contribution < 1.29 is 9.59 Å². The standard InChI is InChI=1S/C19H17N3O2/c23-18(21-13-5-2-1-3-6-13)12-8-9-16-15(11-12)14-7-4-10-20-19(24)17(14)22-16/h1-3,5-6,8-9,11,22H,4,7,10H2,(H,20,24)(H,21,23). The van der Waals surface area contributed by atoms with Gasteiger partial charge in [-0.2, -0.15) is 0 Å². The van der Waals surface area contributed by atoms with Crippen LogP contribution in [0.15, 0.2) is 48.5 Å². The van der Waals surface area contributed by atoms with Crippen molar-refractivity contribution in [2.75, 3.05) is 11.9 Å². The molecule has 3 N–H and O–H groups in total. The Morgan fingerprint density at radius 3 is 2.75 bits per heavy atom. The number of carbonyl (C=O) groups excluding carboxylic acids is 2. The lowest BCUT2D eigenvalue weighted by atomic mass is 10.0. The van der Waals surface area contributed by atoms with E-state index in [1.165, 1.54) is 0 Å². The third-order valence-electron chi connectivity index (χ3n) is 4.32. The summed E-state index contributed by atoms with van der Waals surface area (Å²) in [4.78, 5) is 27.8. The van der Waals surface area contributed by atoms with Crippen LogP contribution >= 0.6 is 0 Å². The topological polar surface area (TPSA) is 74.0 Å². The van der Waals surface area contributed by atoms with Crippen LogP contribution in [0.5, 0.6) is 0 Å². The van der Waals surface area contributed by atoms with Crippen molar-refractivity contribution in [3.05, 3.63) is 65.4 Å². The Hall–Kier alpha value is -3.08. The summed E-state index contributed by atoms with van der Waals surface area (Å²) in [5.74, 6) is -0.231. The zero-order chi connectivity index (χ0) is 16.5. The fourth-order valence-corrected chi connectivity index (χ4v) is 3.12. The van der Waals surface area contributed by atoms with Gasteiger partial charge in [-0.05, 0) is 48.7 Å².